The molecule has 0 saturated heterocycles. The van der Waals surface area contributed by atoms with Gasteiger partial charge in [-0.2, -0.15) is 0 Å². The van der Waals surface area contributed by atoms with E-state index in [0.717, 1.165) is 29.9 Å². The van der Waals surface area contributed by atoms with E-state index in [9.17, 15) is 9.59 Å². The molecule has 34 heavy (non-hydrogen) atoms. The van der Waals surface area contributed by atoms with Gasteiger partial charge in [0.1, 0.15) is 18.1 Å². The molecule has 0 saturated carbocycles. The van der Waals surface area contributed by atoms with Crippen molar-refractivity contribution in [2.45, 2.75) is 47.1 Å². The molecule has 0 bridgehead atoms. The first kappa shape index (κ1) is 25.3. The summed E-state index contributed by atoms with van der Waals surface area (Å²) in [6, 6.07) is 21.5. The number of benzene rings is 2. The van der Waals surface area contributed by atoms with Gasteiger partial charge in [-0.05, 0) is 62.4 Å². The number of nitrogens with zero attached hydrogens (tertiary/aromatic N) is 2. The molecule has 1 aromatic heterocycles. The minimum atomic E-state index is -0.106. The van der Waals surface area contributed by atoms with E-state index in [0.29, 0.717) is 31.1 Å². The maximum atomic E-state index is 13.5. The maximum absolute atomic E-state index is 13.5. The summed E-state index contributed by atoms with van der Waals surface area (Å²) in [5, 5.41) is 0. The molecule has 5 nitrogen and oxygen atoms in total. The molecule has 2 aromatic carbocycles. The predicted octanol–water partition coefficient (Wildman–Crippen LogP) is 5.66. The normalized spacial score (nSPS) is 11.0. The summed E-state index contributed by atoms with van der Waals surface area (Å²) in [5.41, 5.74) is 2.88. The Labute approximate surface area is 203 Å². The average molecular weight is 461 g/mol. The fraction of sp³-hybridized carbons (Fsp3) is 0.379. The van der Waals surface area contributed by atoms with Crippen LogP contribution in [0.3, 0.4) is 0 Å². The third-order valence-corrected chi connectivity index (χ3v) is 5.90. The fourth-order valence-electron chi connectivity index (χ4n) is 3.77. The number of carbonyl (C=O) groups excluding carboxylic acids is 2. The molecule has 180 valence electrons. The Hall–Kier alpha value is -3.34. The molecule has 0 spiro atoms. The van der Waals surface area contributed by atoms with Gasteiger partial charge in [0, 0.05) is 18.7 Å². The van der Waals surface area contributed by atoms with Crippen LogP contribution in [-0.4, -0.2) is 41.2 Å². The Morgan fingerprint density at radius 2 is 1.56 bits per heavy atom. The van der Waals surface area contributed by atoms with Crippen LogP contribution in [0.2, 0.25) is 0 Å². The molecule has 0 aliphatic rings. The minimum absolute atomic E-state index is 0.0495. The maximum Gasteiger partial charge on any atom is 0.254 e. The van der Waals surface area contributed by atoms with Gasteiger partial charge >= 0.3 is 0 Å². The summed E-state index contributed by atoms with van der Waals surface area (Å²) >= 11 is 0. The van der Waals surface area contributed by atoms with Crippen LogP contribution in [-0.2, 0) is 17.8 Å². The van der Waals surface area contributed by atoms with Crippen LogP contribution in [0.15, 0.2) is 71.1 Å². The van der Waals surface area contributed by atoms with Crippen molar-refractivity contribution in [1.29, 1.82) is 0 Å². The number of hydrogen-bond donors (Lipinski definition) is 0. The monoisotopic (exact) mass is 460 g/mol. The summed E-state index contributed by atoms with van der Waals surface area (Å²) in [4.78, 5) is 30.3. The molecule has 5 heteroatoms. The lowest BCUT2D eigenvalue weighted by Gasteiger charge is -2.28. The second-order valence-electron chi connectivity index (χ2n) is 9.34. The van der Waals surface area contributed by atoms with Crippen molar-refractivity contribution in [1.82, 2.24) is 9.80 Å². The third kappa shape index (κ3) is 7.62. The zero-order valence-electron chi connectivity index (χ0n) is 20.8. The first-order chi connectivity index (χ1) is 16.3. The van der Waals surface area contributed by atoms with Gasteiger partial charge in [-0.15, -0.1) is 0 Å². The van der Waals surface area contributed by atoms with E-state index in [4.69, 9.17) is 4.42 Å². The largest absolute Gasteiger partial charge is 0.464 e. The van der Waals surface area contributed by atoms with Crippen molar-refractivity contribution in [2.75, 3.05) is 19.6 Å². The molecular formula is C29H36N2O3. The van der Waals surface area contributed by atoms with E-state index in [1.807, 2.05) is 68.4 Å². The molecule has 0 unspecified atom stereocenters. The second-order valence-corrected chi connectivity index (χ2v) is 9.34. The summed E-state index contributed by atoms with van der Waals surface area (Å²) in [6.07, 6.45) is 1.58. The van der Waals surface area contributed by atoms with Crippen molar-refractivity contribution in [3.05, 3.63) is 94.9 Å². The molecule has 3 rings (SSSR count). The highest BCUT2D eigenvalue weighted by Crippen LogP contribution is 2.14. The van der Waals surface area contributed by atoms with Gasteiger partial charge in [0.15, 0.2) is 0 Å². The van der Waals surface area contributed by atoms with E-state index in [1.54, 1.807) is 9.80 Å². The number of rotatable bonds is 11. The molecule has 0 atom stereocenters. The van der Waals surface area contributed by atoms with Crippen molar-refractivity contribution < 1.29 is 14.0 Å². The third-order valence-electron chi connectivity index (χ3n) is 5.90. The van der Waals surface area contributed by atoms with Crippen LogP contribution < -0.4 is 0 Å². The van der Waals surface area contributed by atoms with Crippen LogP contribution in [0.4, 0.5) is 0 Å². The van der Waals surface area contributed by atoms with Crippen molar-refractivity contribution >= 4 is 11.8 Å². The van der Waals surface area contributed by atoms with Gasteiger partial charge < -0.3 is 14.2 Å². The second kappa shape index (κ2) is 12.2. The summed E-state index contributed by atoms with van der Waals surface area (Å²) in [7, 11) is 0. The van der Waals surface area contributed by atoms with Gasteiger partial charge in [0.25, 0.3) is 5.91 Å². The van der Waals surface area contributed by atoms with Gasteiger partial charge in [0.05, 0.1) is 6.54 Å². The van der Waals surface area contributed by atoms with Crippen molar-refractivity contribution in [3.8, 4) is 0 Å². The smallest absolute Gasteiger partial charge is 0.254 e. The van der Waals surface area contributed by atoms with Crippen LogP contribution >= 0.6 is 0 Å². The van der Waals surface area contributed by atoms with E-state index in [-0.39, 0.29) is 18.4 Å². The Kier molecular flexibility index (Phi) is 9.08. The Balaban J connectivity index is 1.77. The number of amides is 2. The van der Waals surface area contributed by atoms with Crippen LogP contribution in [0.5, 0.6) is 0 Å². The average Bonchev–Trinajstić information content (AvgIpc) is 3.24. The van der Waals surface area contributed by atoms with Crippen LogP contribution in [0, 0.1) is 19.8 Å². The van der Waals surface area contributed by atoms with Crippen molar-refractivity contribution in [3.63, 3.8) is 0 Å². The summed E-state index contributed by atoms with van der Waals surface area (Å²) < 4.78 is 5.75. The number of aryl methyl sites for hydroxylation is 2. The van der Waals surface area contributed by atoms with Gasteiger partial charge in [0.2, 0.25) is 5.91 Å². The Morgan fingerprint density at radius 1 is 0.853 bits per heavy atom. The lowest BCUT2D eigenvalue weighted by molar-refractivity contribution is -0.132. The molecular weight excluding hydrogens is 424 g/mol. The van der Waals surface area contributed by atoms with E-state index < -0.39 is 0 Å². The lowest BCUT2D eigenvalue weighted by Crippen LogP contribution is -2.44. The first-order valence-electron chi connectivity index (χ1n) is 12.0. The van der Waals surface area contributed by atoms with Crippen molar-refractivity contribution in [2.24, 2.45) is 5.92 Å². The molecule has 3 aromatic rings. The zero-order chi connectivity index (χ0) is 24.5. The summed E-state index contributed by atoms with van der Waals surface area (Å²) in [6.45, 7) is 9.68. The quantitative estimate of drug-likeness (QED) is 0.371. The molecule has 0 aliphatic carbocycles. The highest BCUT2D eigenvalue weighted by atomic mass is 16.3. The van der Waals surface area contributed by atoms with E-state index in [2.05, 4.69) is 26.0 Å². The number of carbonyl (C=O) groups is 2. The lowest BCUT2D eigenvalue weighted by atomic mass is 10.1. The highest BCUT2D eigenvalue weighted by Gasteiger charge is 2.23. The predicted molar refractivity (Wildman–Crippen MR) is 136 cm³/mol. The fourth-order valence-corrected chi connectivity index (χ4v) is 3.77. The molecule has 0 aliphatic heterocycles. The van der Waals surface area contributed by atoms with E-state index >= 15 is 0 Å². The number of hydrogen-bond acceptors (Lipinski definition) is 3. The molecule has 0 radical (unpaired) electrons. The minimum Gasteiger partial charge on any atom is -0.464 e. The standard InChI is InChI=1S/C29H36N2O3/c1-22(2)16-18-31(29(33)26-13-10-23(3)11-14-26)21-28(32)30(20-27-15-12-24(4)34-27)19-17-25-8-6-5-7-9-25/h5-15,22H,16-21H2,1-4H3. The first-order valence-corrected chi connectivity index (χ1v) is 12.0. The summed E-state index contributed by atoms with van der Waals surface area (Å²) in [5.74, 6) is 1.82. The molecule has 0 N–H and O–H groups in total. The van der Waals surface area contributed by atoms with Crippen LogP contribution in [0.25, 0.3) is 0 Å². The van der Waals surface area contributed by atoms with Gasteiger partial charge in [-0.3, -0.25) is 9.59 Å². The Bertz CT molecular complexity index is 1050. The SMILES string of the molecule is Cc1ccc(C(=O)N(CCC(C)C)CC(=O)N(CCc2ccccc2)Cc2ccc(C)o2)cc1. The van der Waals surface area contributed by atoms with Gasteiger partial charge in [-0.1, -0.05) is 61.9 Å². The highest BCUT2D eigenvalue weighted by molar-refractivity contribution is 5.96. The van der Waals surface area contributed by atoms with Gasteiger partial charge in [-0.25, -0.2) is 0 Å². The topological polar surface area (TPSA) is 53.8 Å². The molecule has 0 fully saturated rings. The zero-order valence-corrected chi connectivity index (χ0v) is 20.8. The molecule has 1 heterocycles. The van der Waals surface area contributed by atoms with E-state index in [1.165, 1.54) is 5.56 Å². The Morgan fingerprint density at radius 3 is 2.18 bits per heavy atom. The number of furan rings is 1. The molecule has 2 amide bonds. The van der Waals surface area contributed by atoms with Crippen LogP contribution in [0.1, 0.15) is 53.3 Å².